The molecule has 0 spiro atoms. The molecule has 0 heterocycles. The van der Waals surface area contributed by atoms with Gasteiger partial charge in [0.25, 0.3) is 0 Å². The van der Waals surface area contributed by atoms with Gasteiger partial charge in [0.15, 0.2) is 9.84 Å². The highest BCUT2D eigenvalue weighted by Gasteiger charge is 2.23. The van der Waals surface area contributed by atoms with Gasteiger partial charge in [-0.3, -0.25) is 10.1 Å². The minimum atomic E-state index is -3.31. The Balaban J connectivity index is 2.42. The molecule has 0 saturated heterocycles. The van der Waals surface area contributed by atoms with Crippen molar-refractivity contribution in [2.75, 3.05) is 12.3 Å². The fourth-order valence-electron chi connectivity index (χ4n) is 1.90. The normalized spacial score (nSPS) is 19.1. The van der Waals surface area contributed by atoms with Crippen LogP contribution in [0.5, 0.6) is 0 Å². The zero-order valence-corrected chi connectivity index (χ0v) is 12.7. The van der Waals surface area contributed by atoms with Crippen LogP contribution in [0, 0.1) is 10.1 Å². The van der Waals surface area contributed by atoms with E-state index >= 15 is 0 Å². The summed E-state index contributed by atoms with van der Waals surface area (Å²) in [4.78, 5) is 10.4. The maximum absolute atomic E-state index is 12.0. The van der Waals surface area contributed by atoms with Gasteiger partial charge in [0.1, 0.15) is 0 Å². The van der Waals surface area contributed by atoms with Gasteiger partial charge in [0.05, 0.1) is 10.7 Å². The van der Waals surface area contributed by atoms with Crippen LogP contribution in [0.25, 0.3) is 0 Å². The minimum absolute atomic E-state index is 0.0894. The summed E-state index contributed by atoms with van der Waals surface area (Å²) < 4.78 is 24.1. The van der Waals surface area contributed by atoms with Crippen molar-refractivity contribution in [2.24, 2.45) is 0 Å². The summed E-state index contributed by atoms with van der Waals surface area (Å²) in [5, 5.41) is 13.8. The maximum atomic E-state index is 12.0. The minimum Gasteiger partial charge on any atom is -0.315 e. The Labute approximate surface area is 120 Å². The lowest BCUT2D eigenvalue weighted by molar-refractivity contribution is -0.508. The van der Waals surface area contributed by atoms with E-state index in [1.807, 2.05) is 13.8 Å². The first kappa shape index (κ1) is 16.8. The molecule has 0 bridgehead atoms. The third kappa shape index (κ3) is 5.42. The van der Waals surface area contributed by atoms with Gasteiger partial charge in [-0.15, -0.1) is 0 Å². The highest BCUT2D eigenvalue weighted by atomic mass is 32.2. The zero-order chi connectivity index (χ0) is 15.2. The van der Waals surface area contributed by atoms with Gasteiger partial charge >= 0.3 is 0 Å². The van der Waals surface area contributed by atoms with E-state index in [0.717, 1.165) is 13.0 Å². The number of rotatable bonds is 8. The molecule has 0 aromatic carbocycles. The molecule has 6 nitrogen and oxygen atoms in total. The van der Waals surface area contributed by atoms with Gasteiger partial charge < -0.3 is 5.32 Å². The van der Waals surface area contributed by atoms with E-state index in [-0.39, 0.29) is 17.1 Å². The van der Waals surface area contributed by atoms with Gasteiger partial charge in [-0.25, -0.2) is 8.42 Å². The average molecular weight is 302 g/mol. The van der Waals surface area contributed by atoms with Crippen molar-refractivity contribution in [3.05, 3.63) is 33.2 Å². The van der Waals surface area contributed by atoms with E-state index in [9.17, 15) is 18.5 Å². The number of allylic oxidation sites excluding steroid dienone is 1. The Kier molecular flexibility index (Phi) is 6.35. The largest absolute Gasteiger partial charge is 0.315 e. The van der Waals surface area contributed by atoms with Crippen molar-refractivity contribution in [1.82, 2.24) is 5.32 Å². The summed E-state index contributed by atoms with van der Waals surface area (Å²) in [5.41, 5.74) is 0. The first-order valence-corrected chi connectivity index (χ1v) is 8.46. The number of hydrogen-bond acceptors (Lipinski definition) is 5. The molecule has 1 unspecified atom stereocenters. The fourth-order valence-corrected chi connectivity index (χ4v) is 3.36. The van der Waals surface area contributed by atoms with Crippen molar-refractivity contribution >= 4 is 9.84 Å². The molecule has 0 aromatic rings. The van der Waals surface area contributed by atoms with Crippen LogP contribution in [0.3, 0.4) is 0 Å². The summed E-state index contributed by atoms with van der Waals surface area (Å²) >= 11 is 0. The second-order valence-corrected chi connectivity index (χ2v) is 7.30. The van der Waals surface area contributed by atoms with Gasteiger partial charge in [-0.05, 0) is 31.5 Å². The van der Waals surface area contributed by atoms with Crippen molar-refractivity contribution < 1.29 is 13.3 Å². The highest BCUT2D eigenvalue weighted by Crippen LogP contribution is 2.19. The molecule has 20 heavy (non-hydrogen) atoms. The molecule has 0 saturated carbocycles. The fraction of sp³-hybridized carbons (Fsp3) is 0.692. The predicted molar refractivity (Wildman–Crippen MR) is 78.8 cm³/mol. The van der Waals surface area contributed by atoms with Gasteiger partial charge in [0.2, 0.25) is 6.04 Å². The second kappa shape index (κ2) is 7.54. The standard InChI is InChI=1S/C13H22N2O4S/c1-11(2)14-9-3-4-10-20(18,19)13-7-5-12(6-8-13)15(16)17/h5,7-8,11-12,14H,3-4,6,9-10H2,1-2H3. The second-order valence-electron chi connectivity index (χ2n) is 5.19. The van der Waals surface area contributed by atoms with Crippen LogP contribution in [-0.2, 0) is 9.84 Å². The molecule has 1 atom stereocenters. The van der Waals surface area contributed by atoms with Crippen LogP contribution in [0.2, 0.25) is 0 Å². The van der Waals surface area contributed by atoms with E-state index in [4.69, 9.17) is 0 Å². The Morgan fingerprint density at radius 3 is 2.65 bits per heavy atom. The molecular formula is C13H22N2O4S. The third-order valence-electron chi connectivity index (χ3n) is 3.07. The maximum Gasteiger partial charge on any atom is 0.235 e. The topological polar surface area (TPSA) is 89.3 Å². The van der Waals surface area contributed by atoms with Crippen LogP contribution in [0.1, 0.15) is 33.1 Å². The van der Waals surface area contributed by atoms with E-state index < -0.39 is 20.8 Å². The number of sulfone groups is 1. The number of nitrogens with zero attached hydrogens (tertiary/aromatic N) is 1. The molecular weight excluding hydrogens is 280 g/mol. The van der Waals surface area contributed by atoms with Gasteiger partial charge in [-0.2, -0.15) is 0 Å². The quantitative estimate of drug-likeness (QED) is 0.418. The predicted octanol–water partition coefficient (Wildman–Crippen LogP) is 1.67. The monoisotopic (exact) mass is 302 g/mol. The van der Waals surface area contributed by atoms with E-state index in [1.54, 1.807) is 0 Å². The Morgan fingerprint density at radius 1 is 1.45 bits per heavy atom. The number of nitrogens with one attached hydrogen (secondary N) is 1. The summed E-state index contributed by atoms with van der Waals surface area (Å²) in [6.07, 6.45) is 5.70. The molecule has 1 aliphatic rings. The smallest absolute Gasteiger partial charge is 0.235 e. The molecule has 0 aliphatic heterocycles. The van der Waals surface area contributed by atoms with Crippen LogP contribution in [0.4, 0.5) is 0 Å². The lowest BCUT2D eigenvalue weighted by Gasteiger charge is -2.11. The first-order chi connectivity index (χ1) is 9.33. The molecule has 1 aliphatic carbocycles. The average Bonchev–Trinajstić information content (AvgIpc) is 2.38. The van der Waals surface area contributed by atoms with E-state index in [0.29, 0.717) is 12.5 Å². The Hall–Kier alpha value is -1.21. The Bertz CT molecular complexity index is 495. The molecule has 0 aromatic heterocycles. The van der Waals surface area contributed by atoms with E-state index in [1.165, 1.54) is 18.2 Å². The molecule has 0 fully saturated rings. The number of unbranched alkanes of at least 4 members (excludes halogenated alkanes) is 1. The number of nitro groups is 1. The van der Waals surface area contributed by atoms with Crippen molar-refractivity contribution in [3.63, 3.8) is 0 Å². The summed E-state index contributed by atoms with van der Waals surface area (Å²) in [5.74, 6) is 0.0894. The SMILES string of the molecule is CC(C)NCCCCS(=O)(=O)C1=CCC([N+](=O)[O-])C=C1. The molecule has 114 valence electrons. The molecule has 1 N–H and O–H groups in total. The third-order valence-corrected chi connectivity index (χ3v) is 4.91. The van der Waals surface area contributed by atoms with E-state index in [2.05, 4.69) is 5.32 Å². The van der Waals surface area contributed by atoms with Crippen LogP contribution < -0.4 is 5.32 Å². The summed E-state index contributed by atoms with van der Waals surface area (Å²) in [7, 11) is -3.31. The first-order valence-electron chi connectivity index (χ1n) is 6.81. The lowest BCUT2D eigenvalue weighted by Crippen LogP contribution is -2.24. The molecule has 7 heteroatoms. The summed E-state index contributed by atoms with van der Waals surface area (Å²) in [6.45, 7) is 4.88. The Morgan fingerprint density at radius 2 is 2.15 bits per heavy atom. The molecule has 0 amide bonds. The van der Waals surface area contributed by atoms with Crippen molar-refractivity contribution in [1.29, 1.82) is 0 Å². The summed E-state index contributed by atoms with van der Waals surface area (Å²) in [6, 6.07) is -0.404. The highest BCUT2D eigenvalue weighted by molar-refractivity contribution is 7.95. The van der Waals surface area contributed by atoms with Crippen LogP contribution >= 0.6 is 0 Å². The lowest BCUT2D eigenvalue weighted by atomic mass is 10.1. The van der Waals surface area contributed by atoms with Crippen LogP contribution in [0.15, 0.2) is 23.1 Å². The van der Waals surface area contributed by atoms with Crippen molar-refractivity contribution in [3.8, 4) is 0 Å². The zero-order valence-electron chi connectivity index (χ0n) is 11.9. The van der Waals surface area contributed by atoms with Crippen LogP contribution in [-0.4, -0.2) is 37.7 Å². The molecule has 1 rings (SSSR count). The van der Waals surface area contributed by atoms with Gasteiger partial charge in [-0.1, -0.05) is 19.9 Å². The number of hydrogen-bond donors (Lipinski definition) is 1. The molecule has 0 radical (unpaired) electrons. The van der Waals surface area contributed by atoms with Gasteiger partial charge in [0, 0.05) is 17.4 Å². The van der Waals surface area contributed by atoms with Crippen molar-refractivity contribution in [2.45, 2.75) is 45.2 Å².